The summed E-state index contributed by atoms with van der Waals surface area (Å²) in [5.74, 6) is 0. The standard InChI is InChI=1S/C9H14N2/c1-9(4-5-9)11-7-8-3-2-6-10-8/h2-3,6,10-11H,4-5,7H2,1H3. The van der Waals surface area contributed by atoms with E-state index in [4.69, 9.17) is 0 Å². The lowest BCUT2D eigenvalue weighted by atomic mass is 10.3. The van der Waals surface area contributed by atoms with Gasteiger partial charge in [-0.1, -0.05) is 0 Å². The Morgan fingerprint density at radius 2 is 2.45 bits per heavy atom. The van der Waals surface area contributed by atoms with Crippen LogP contribution in [0.1, 0.15) is 25.5 Å². The number of H-pyrrole nitrogens is 1. The Labute approximate surface area is 67.0 Å². The molecule has 0 atom stereocenters. The third-order valence-electron chi connectivity index (χ3n) is 2.37. The van der Waals surface area contributed by atoms with Gasteiger partial charge in [0.25, 0.3) is 0 Å². The lowest BCUT2D eigenvalue weighted by Gasteiger charge is -2.09. The molecule has 0 spiro atoms. The minimum absolute atomic E-state index is 0.450. The second-order valence-corrected chi connectivity index (χ2v) is 3.61. The Bertz CT molecular complexity index is 222. The van der Waals surface area contributed by atoms with E-state index in [1.54, 1.807) is 0 Å². The quantitative estimate of drug-likeness (QED) is 0.673. The molecule has 0 radical (unpaired) electrons. The first-order valence-corrected chi connectivity index (χ1v) is 4.16. The molecule has 2 nitrogen and oxygen atoms in total. The molecule has 0 aromatic carbocycles. The van der Waals surface area contributed by atoms with Gasteiger partial charge in [0, 0.05) is 24.0 Å². The van der Waals surface area contributed by atoms with E-state index in [0.29, 0.717) is 5.54 Å². The van der Waals surface area contributed by atoms with Crippen molar-refractivity contribution in [2.45, 2.75) is 31.8 Å². The smallest absolute Gasteiger partial charge is 0.0361 e. The third-order valence-corrected chi connectivity index (χ3v) is 2.37. The van der Waals surface area contributed by atoms with Crippen LogP contribution in [0.2, 0.25) is 0 Å². The van der Waals surface area contributed by atoms with Crippen molar-refractivity contribution < 1.29 is 0 Å². The highest BCUT2D eigenvalue weighted by atomic mass is 15.0. The average Bonchev–Trinajstić information content (AvgIpc) is 2.53. The predicted octanol–water partition coefficient (Wildman–Crippen LogP) is 1.66. The summed E-state index contributed by atoms with van der Waals surface area (Å²) in [4.78, 5) is 3.18. The van der Waals surface area contributed by atoms with Crippen molar-refractivity contribution in [1.29, 1.82) is 0 Å². The maximum absolute atomic E-state index is 3.50. The lowest BCUT2D eigenvalue weighted by Crippen LogP contribution is -2.27. The van der Waals surface area contributed by atoms with Crippen molar-refractivity contribution in [2.75, 3.05) is 0 Å². The SMILES string of the molecule is CC1(NCc2ccc[nH]2)CC1. The van der Waals surface area contributed by atoms with Crippen LogP contribution in [0, 0.1) is 0 Å². The Morgan fingerprint density at radius 3 is 3.00 bits per heavy atom. The summed E-state index contributed by atoms with van der Waals surface area (Å²) >= 11 is 0. The van der Waals surface area contributed by atoms with Crippen LogP contribution in [0.3, 0.4) is 0 Å². The molecular formula is C9H14N2. The van der Waals surface area contributed by atoms with Gasteiger partial charge in [0.1, 0.15) is 0 Å². The van der Waals surface area contributed by atoms with E-state index in [2.05, 4.69) is 23.3 Å². The summed E-state index contributed by atoms with van der Waals surface area (Å²) in [6, 6.07) is 4.14. The van der Waals surface area contributed by atoms with E-state index in [0.717, 1.165) is 6.54 Å². The molecule has 0 unspecified atom stereocenters. The van der Waals surface area contributed by atoms with Gasteiger partial charge in [-0.05, 0) is 31.9 Å². The second kappa shape index (κ2) is 2.38. The number of nitrogens with one attached hydrogen (secondary N) is 2. The molecular weight excluding hydrogens is 136 g/mol. The van der Waals surface area contributed by atoms with Crippen molar-refractivity contribution in [3.8, 4) is 0 Å². The molecule has 1 saturated carbocycles. The summed E-state index contributed by atoms with van der Waals surface area (Å²) in [6.45, 7) is 3.25. The van der Waals surface area contributed by atoms with Gasteiger partial charge in [-0.25, -0.2) is 0 Å². The molecule has 2 rings (SSSR count). The molecule has 1 aliphatic rings. The van der Waals surface area contributed by atoms with Crippen LogP contribution in [0.5, 0.6) is 0 Å². The maximum atomic E-state index is 3.50. The van der Waals surface area contributed by atoms with E-state index in [1.165, 1.54) is 18.5 Å². The fourth-order valence-electron chi connectivity index (χ4n) is 1.15. The topological polar surface area (TPSA) is 27.8 Å². The minimum atomic E-state index is 0.450. The first kappa shape index (κ1) is 6.92. The molecule has 11 heavy (non-hydrogen) atoms. The number of aromatic amines is 1. The molecule has 0 amide bonds. The van der Waals surface area contributed by atoms with Crippen molar-refractivity contribution in [3.63, 3.8) is 0 Å². The van der Waals surface area contributed by atoms with Gasteiger partial charge >= 0.3 is 0 Å². The summed E-state index contributed by atoms with van der Waals surface area (Å²) in [6.07, 6.45) is 4.62. The van der Waals surface area contributed by atoms with E-state index in [-0.39, 0.29) is 0 Å². The zero-order valence-corrected chi connectivity index (χ0v) is 6.85. The van der Waals surface area contributed by atoms with Crippen LogP contribution in [-0.2, 0) is 6.54 Å². The first-order valence-electron chi connectivity index (χ1n) is 4.16. The maximum Gasteiger partial charge on any atom is 0.0361 e. The van der Waals surface area contributed by atoms with E-state index in [9.17, 15) is 0 Å². The Balaban J connectivity index is 1.83. The van der Waals surface area contributed by atoms with E-state index in [1.807, 2.05) is 12.3 Å². The Hall–Kier alpha value is -0.760. The zero-order valence-electron chi connectivity index (χ0n) is 6.85. The molecule has 1 aliphatic carbocycles. The highest BCUT2D eigenvalue weighted by Crippen LogP contribution is 2.34. The van der Waals surface area contributed by atoms with Gasteiger partial charge in [-0.15, -0.1) is 0 Å². The molecule has 2 heteroatoms. The van der Waals surface area contributed by atoms with E-state index >= 15 is 0 Å². The van der Waals surface area contributed by atoms with Gasteiger partial charge in [0.2, 0.25) is 0 Å². The molecule has 1 aromatic heterocycles. The monoisotopic (exact) mass is 150 g/mol. The van der Waals surface area contributed by atoms with Gasteiger partial charge in [0.05, 0.1) is 0 Å². The minimum Gasteiger partial charge on any atom is -0.364 e. The summed E-state index contributed by atoms with van der Waals surface area (Å²) in [5, 5.41) is 3.50. The highest BCUT2D eigenvalue weighted by Gasteiger charge is 2.36. The number of hydrogen-bond donors (Lipinski definition) is 2. The Morgan fingerprint density at radius 1 is 1.64 bits per heavy atom. The van der Waals surface area contributed by atoms with Crippen molar-refractivity contribution >= 4 is 0 Å². The molecule has 60 valence electrons. The summed E-state index contributed by atoms with van der Waals surface area (Å²) in [5.41, 5.74) is 1.73. The number of aromatic nitrogens is 1. The van der Waals surface area contributed by atoms with E-state index < -0.39 is 0 Å². The molecule has 0 aliphatic heterocycles. The molecule has 1 fully saturated rings. The molecule has 1 aromatic rings. The fourth-order valence-corrected chi connectivity index (χ4v) is 1.15. The molecule has 0 saturated heterocycles. The third kappa shape index (κ3) is 1.63. The lowest BCUT2D eigenvalue weighted by molar-refractivity contribution is 0.533. The first-order chi connectivity index (χ1) is 5.29. The van der Waals surface area contributed by atoms with Gasteiger partial charge in [0.15, 0.2) is 0 Å². The average molecular weight is 150 g/mol. The van der Waals surface area contributed by atoms with Crippen molar-refractivity contribution in [1.82, 2.24) is 10.3 Å². The van der Waals surface area contributed by atoms with Crippen LogP contribution in [0.25, 0.3) is 0 Å². The van der Waals surface area contributed by atoms with Crippen LogP contribution in [-0.4, -0.2) is 10.5 Å². The number of rotatable bonds is 3. The van der Waals surface area contributed by atoms with Crippen LogP contribution >= 0.6 is 0 Å². The summed E-state index contributed by atoms with van der Waals surface area (Å²) < 4.78 is 0. The van der Waals surface area contributed by atoms with Gasteiger partial charge < -0.3 is 10.3 Å². The zero-order chi connectivity index (χ0) is 7.73. The van der Waals surface area contributed by atoms with Gasteiger partial charge in [-0.3, -0.25) is 0 Å². The van der Waals surface area contributed by atoms with Crippen LogP contribution < -0.4 is 5.32 Å². The fraction of sp³-hybridized carbons (Fsp3) is 0.556. The van der Waals surface area contributed by atoms with Crippen LogP contribution in [0.4, 0.5) is 0 Å². The van der Waals surface area contributed by atoms with Gasteiger partial charge in [-0.2, -0.15) is 0 Å². The predicted molar refractivity (Wildman–Crippen MR) is 45.3 cm³/mol. The highest BCUT2D eigenvalue weighted by molar-refractivity contribution is 5.06. The second-order valence-electron chi connectivity index (χ2n) is 3.61. The Kier molecular flexibility index (Phi) is 1.50. The molecule has 0 bridgehead atoms. The van der Waals surface area contributed by atoms with Crippen molar-refractivity contribution in [2.24, 2.45) is 0 Å². The summed E-state index contributed by atoms with van der Waals surface area (Å²) in [7, 11) is 0. The van der Waals surface area contributed by atoms with Crippen LogP contribution in [0.15, 0.2) is 18.3 Å². The normalized spacial score (nSPS) is 20.1. The molecule has 2 N–H and O–H groups in total. The molecule has 1 heterocycles. The number of hydrogen-bond acceptors (Lipinski definition) is 1. The van der Waals surface area contributed by atoms with Crippen molar-refractivity contribution in [3.05, 3.63) is 24.0 Å². The largest absolute Gasteiger partial charge is 0.364 e.